The lowest BCUT2D eigenvalue weighted by Crippen LogP contribution is -2.34. The smallest absolute Gasteiger partial charge is 0.240 e. The van der Waals surface area contributed by atoms with E-state index in [0.29, 0.717) is 10.8 Å². The van der Waals surface area contributed by atoms with Crippen molar-refractivity contribution < 1.29 is 12.8 Å². The molecule has 21 heavy (non-hydrogen) atoms. The van der Waals surface area contributed by atoms with Crippen molar-refractivity contribution in [3.8, 4) is 0 Å². The Hall–Kier alpha value is -1.34. The maximum absolute atomic E-state index is 12.2. The molecule has 1 heterocycles. The van der Waals surface area contributed by atoms with Gasteiger partial charge in [0.15, 0.2) is 0 Å². The fourth-order valence-corrected chi connectivity index (χ4v) is 3.07. The highest BCUT2D eigenvalue weighted by Crippen LogP contribution is 2.19. The summed E-state index contributed by atoms with van der Waals surface area (Å²) < 4.78 is 32.4. The summed E-state index contributed by atoms with van der Waals surface area (Å²) in [5.74, 6) is 0.707. The summed E-state index contributed by atoms with van der Waals surface area (Å²) in [6.07, 6.45) is 1.57. The van der Waals surface area contributed by atoms with Crippen molar-refractivity contribution in [2.24, 2.45) is 0 Å². The van der Waals surface area contributed by atoms with E-state index in [2.05, 4.69) is 4.72 Å². The van der Waals surface area contributed by atoms with Gasteiger partial charge in [-0.25, -0.2) is 13.1 Å². The van der Waals surface area contributed by atoms with Crippen molar-refractivity contribution in [1.82, 2.24) is 9.62 Å². The third-order valence-electron chi connectivity index (χ3n) is 3.09. The quantitative estimate of drug-likeness (QED) is 0.885. The molecule has 0 amide bonds. The van der Waals surface area contributed by atoms with E-state index in [1.54, 1.807) is 24.5 Å². The summed E-state index contributed by atoms with van der Waals surface area (Å²) in [5, 5.41) is 0.496. The van der Waals surface area contributed by atoms with Crippen LogP contribution in [0.1, 0.15) is 11.8 Å². The molecule has 2 aromatic rings. The molecular formula is C14H17ClN2O3S. The second-order valence-electron chi connectivity index (χ2n) is 4.80. The number of nitrogens with zero attached hydrogens (tertiary/aromatic N) is 1. The van der Waals surface area contributed by atoms with Crippen molar-refractivity contribution in [3.05, 3.63) is 53.4 Å². The third-order valence-corrected chi connectivity index (χ3v) is 4.78. The second kappa shape index (κ2) is 6.62. The summed E-state index contributed by atoms with van der Waals surface area (Å²) in [7, 11) is 0.156. The van der Waals surface area contributed by atoms with Gasteiger partial charge in [-0.15, -0.1) is 0 Å². The Bertz CT molecular complexity index is 667. The Morgan fingerprint density at radius 1 is 1.24 bits per heavy atom. The van der Waals surface area contributed by atoms with Gasteiger partial charge in [-0.3, -0.25) is 4.90 Å². The van der Waals surface area contributed by atoms with Gasteiger partial charge in [0.25, 0.3) is 0 Å². The molecule has 0 radical (unpaired) electrons. The summed E-state index contributed by atoms with van der Waals surface area (Å²) in [6.45, 7) is 0.214. The number of hydrogen-bond acceptors (Lipinski definition) is 4. The highest BCUT2D eigenvalue weighted by molar-refractivity contribution is 7.89. The first-order chi connectivity index (χ1) is 9.90. The summed E-state index contributed by atoms with van der Waals surface area (Å²) >= 11 is 5.76. The zero-order chi connectivity index (χ0) is 15.5. The first kappa shape index (κ1) is 16.0. The SMILES string of the molecule is CN(C)C(CNS(=O)(=O)c1ccc(Cl)cc1)c1ccco1. The molecule has 0 bridgehead atoms. The molecule has 2 rings (SSSR count). The van der Waals surface area contributed by atoms with Gasteiger partial charge >= 0.3 is 0 Å². The molecule has 0 fully saturated rings. The Morgan fingerprint density at radius 3 is 2.43 bits per heavy atom. The van der Waals surface area contributed by atoms with Gasteiger partial charge < -0.3 is 4.42 Å². The lowest BCUT2D eigenvalue weighted by atomic mass is 10.2. The van der Waals surface area contributed by atoms with Crippen LogP contribution >= 0.6 is 11.6 Å². The highest BCUT2D eigenvalue weighted by Gasteiger charge is 2.21. The lowest BCUT2D eigenvalue weighted by Gasteiger charge is -2.22. The standard InChI is InChI=1S/C14H17ClN2O3S/c1-17(2)13(14-4-3-9-20-14)10-16-21(18,19)12-7-5-11(15)6-8-12/h3-9,13,16H,10H2,1-2H3. The minimum Gasteiger partial charge on any atom is -0.468 e. The lowest BCUT2D eigenvalue weighted by molar-refractivity contribution is 0.259. The third kappa shape index (κ3) is 4.07. The van der Waals surface area contributed by atoms with Crippen LogP contribution in [0.5, 0.6) is 0 Å². The molecule has 0 aliphatic heterocycles. The van der Waals surface area contributed by atoms with E-state index in [9.17, 15) is 8.42 Å². The van der Waals surface area contributed by atoms with Crippen LogP contribution in [-0.4, -0.2) is 34.0 Å². The molecule has 114 valence electrons. The first-order valence-electron chi connectivity index (χ1n) is 6.35. The van der Waals surface area contributed by atoms with Crippen molar-refractivity contribution in [2.75, 3.05) is 20.6 Å². The molecule has 0 saturated carbocycles. The summed E-state index contributed by atoms with van der Waals surface area (Å²) in [5.41, 5.74) is 0. The van der Waals surface area contributed by atoms with Gasteiger partial charge in [0.2, 0.25) is 10.0 Å². The van der Waals surface area contributed by atoms with E-state index in [1.165, 1.54) is 12.1 Å². The van der Waals surface area contributed by atoms with E-state index in [4.69, 9.17) is 16.0 Å². The molecule has 1 atom stereocenters. The van der Waals surface area contributed by atoms with Crippen molar-refractivity contribution in [3.63, 3.8) is 0 Å². The number of hydrogen-bond donors (Lipinski definition) is 1. The fraction of sp³-hybridized carbons (Fsp3) is 0.286. The van der Waals surface area contributed by atoms with Gasteiger partial charge in [-0.2, -0.15) is 0 Å². The number of furan rings is 1. The maximum Gasteiger partial charge on any atom is 0.240 e. The van der Waals surface area contributed by atoms with E-state index in [1.807, 2.05) is 25.1 Å². The van der Waals surface area contributed by atoms with Crippen molar-refractivity contribution in [1.29, 1.82) is 0 Å². The molecule has 0 aliphatic rings. The minimum absolute atomic E-state index is 0.179. The monoisotopic (exact) mass is 328 g/mol. The second-order valence-corrected chi connectivity index (χ2v) is 7.00. The Kier molecular flexibility index (Phi) is 5.05. The minimum atomic E-state index is -3.57. The van der Waals surface area contributed by atoms with Crippen LogP contribution in [0.15, 0.2) is 52.0 Å². The molecule has 0 spiro atoms. The molecule has 1 aromatic carbocycles. The van der Waals surface area contributed by atoms with Gasteiger partial charge in [0.05, 0.1) is 17.2 Å². The Labute approximate surface area is 129 Å². The van der Waals surface area contributed by atoms with E-state index < -0.39 is 10.0 Å². The molecular weight excluding hydrogens is 312 g/mol. The number of nitrogens with one attached hydrogen (secondary N) is 1. The number of sulfonamides is 1. The Morgan fingerprint density at radius 2 is 1.90 bits per heavy atom. The molecule has 0 saturated heterocycles. The summed E-state index contributed by atoms with van der Waals surface area (Å²) in [4.78, 5) is 2.08. The predicted octanol–water partition coefficient (Wildman–Crippen LogP) is 2.51. The predicted molar refractivity (Wildman–Crippen MR) is 81.8 cm³/mol. The number of benzene rings is 1. The van der Waals surface area contributed by atoms with E-state index >= 15 is 0 Å². The average Bonchev–Trinajstić information content (AvgIpc) is 2.93. The molecule has 5 nitrogen and oxygen atoms in total. The van der Waals surface area contributed by atoms with Crippen LogP contribution in [0, 0.1) is 0 Å². The van der Waals surface area contributed by atoms with Gasteiger partial charge in [-0.1, -0.05) is 11.6 Å². The number of halogens is 1. The maximum atomic E-state index is 12.2. The fourth-order valence-electron chi connectivity index (χ4n) is 1.90. The number of rotatable bonds is 6. The molecule has 1 aromatic heterocycles. The molecule has 1 N–H and O–H groups in total. The molecule has 1 unspecified atom stereocenters. The van der Waals surface area contributed by atoms with E-state index in [0.717, 1.165) is 0 Å². The van der Waals surface area contributed by atoms with Crippen LogP contribution in [0.4, 0.5) is 0 Å². The molecule has 0 aliphatic carbocycles. The van der Waals surface area contributed by atoms with Crippen LogP contribution in [-0.2, 0) is 10.0 Å². The number of likely N-dealkylation sites (N-methyl/N-ethyl adjacent to an activating group) is 1. The van der Waals surface area contributed by atoms with Gasteiger partial charge in [0, 0.05) is 11.6 Å². The van der Waals surface area contributed by atoms with Gasteiger partial charge in [-0.05, 0) is 50.5 Å². The highest BCUT2D eigenvalue weighted by atomic mass is 35.5. The van der Waals surface area contributed by atoms with Crippen molar-refractivity contribution >= 4 is 21.6 Å². The normalized spacial score (nSPS) is 13.5. The zero-order valence-corrected chi connectivity index (χ0v) is 13.4. The zero-order valence-electron chi connectivity index (χ0n) is 11.8. The van der Waals surface area contributed by atoms with Crippen LogP contribution < -0.4 is 4.72 Å². The molecule has 7 heteroatoms. The van der Waals surface area contributed by atoms with Crippen LogP contribution in [0.2, 0.25) is 5.02 Å². The largest absolute Gasteiger partial charge is 0.468 e. The van der Waals surface area contributed by atoms with Crippen molar-refractivity contribution in [2.45, 2.75) is 10.9 Å². The van der Waals surface area contributed by atoms with Crippen LogP contribution in [0.25, 0.3) is 0 Å². The van der Waals surface area contributed by atoms with Gasteiger partial charge in [0.1, 0.15) is 5.76 Å². The first-order valence-corrected chi connectivity index (χ1v) is 8.21. The topological polar surface area (TPSA) is 62.6 Å². The summed E-state index contributed by atoms with van der Waals surface area (Å²) in [6, 6.07) is 9.46. The average molecular weight is 329 g/mol. The Balaban J connectivity index is 2.11. The van der Waals surface area contributed by atoms with Crippen LogP contribution in [0.3, 0.4) is 0 Å². The van der Waals surface area contributed by atoms with E-state index in [-0.39, 0.29) is 17.5 Å².